The maximum Gasteiger partial charge on any atom is 0.113 e. The highest BCUT2D eigenvalue weighted by atomic mass is 16.6. The molecule has 1 N–H and O–H groups in total. The molecule has 0 aromatic rings. The van der Waals surface area contributed by atoms with E-state index < -0.39 is 0 Å². The standard InChI is InChI=1S/C8H14O2/c1-8-5-3-2-4-6(9)7(8)10-8/h6-7,9H,2-5H2,1H3/t6-,7+,8-/m0/s1. The van der Waals surface area contributed by atoms with Gasteiger partial charge in [-0.05, 0) is 19.8 Å². The summed E-state index contributed by atoms with van der Waals surface area (Å²) in [7, 11) is 0. The van der Waals surface area contributed by atoms with E-state index in [-0.39, 0.29) is 17.8 Å². The summed E-state index contributed by atoms with van der Waals surface area (Å²) in [5, 5.41) is 9.44. The van der Waals surface area contributed by atoms with E-state index in [2.05, 4.69) is 6.92 Å². The van der Waals surface area contributed by atoms with E-state index in [0.29, 0.717) is 0 Å². The molecule has 2 rings (SSSR count). The summed E-state index contributed by atoms with van der Waals surface area (Å²) in [5.41, 5.74) is 0.0515. The van der Waals surface area contributed by atoms with Crippen molar-refractivity contribution in [2.75, 3.05) is 0 Å². The van der Waals surface area contributed by atoms with Gasteiger partial charge >= 0.3 is 0 Å². The Morgan fingerprint density at radius 1 is 1.50 bits per heavy atom. The Balaban J connectivity index is 2.05. The van der Waals surface area contributed by atoms with Crippen LogP contribution in [0, 0.1) is 0 Å². The summed E-state index contributed by atoms with van der Waals surface area (Å²) in [6.45, 7) is 2.10. The molecule has 0 spiro atoms. The van der Waals surface area contributed by atoms with Gasteiger partial charge in [-0.3, -0.25) is 0 Å². The molecular formula is C8H14O2. The second-order valence-electron chi connectivity index (χ2n) is 3.66. The number of rotatable bonds is 0. The van der Waals surface area contributed by atoms with Gasteiger partial charge in [0.2, 0.25) is 0 Å². The normalized spacial score (nSPS) is 53.4. The number of ether oxygens (including phenoxy) is 1. The third kappa shape index (κ3) is 0.867. The molecule has 2 fully saturated rings. The minimum absolute atomic E-state index is 0.0515. The predicted octanol–water partition coefficient (Wildman–Crippen LogP) is 1.08. The van der Waals surface area contributed by atoms with E-state index in [9.17, 15) is 5.11 Å². The Morgan fingerprint density at radius 2 is 2.30 bits per heavy atom. The van der Waals surface area contributed by atoms with Crippen LogP contribution in [0.5, 0.6) is 0 Å². The molecule has 10 heavy (non-hydrogen) atoms. The Kier molecular flexibility index (Phi) is 1.29. The molecule has 0 unspecified atom stereocenters. The van der Waals surface area contributed by atoms with Gasteiger partial charge < -0.3 is 9.84 Å². The van der Waals surface area contributed by atoms with Gasteiger partial charge in [0.1, 0.15) is 6.10 Å². The average Bonchev–Trinajstić information content (AvgIpc) is 2.54. The third-order valence-electron chi connectivity index (χ3n) is 2.71. The van der Waals surface area contributed by atoms with Crippen LogP contribution in [-0.2, 0) is 4.74 Å². The Bertz CT molecular complexity index is 146. The van der Waals surface area contributed by atoms with Crippen molar-refractivity contribution in [1.82, 2.24) is 0 Å². The van der Waals surface area contributed by atoms with E-state index in [1.807, 2.05) is 0 Å². The summed E-state index contributed by atoms with van der Waals surface area (Å²) in [6.07, 6.45) is 4.41. The van der Waals surface area contributed by atoms with Crippen LogP contribution in [-0.4, -0.2) is 22.9 Å². The van der Waals surface area contributed by atoms with Crippen LogP contribution in [0.25, 0.3) is 0 Å². The summed E-state index contributed by atoms with van der Waals surface area (Å²) in [4.78, 5) is 0. The molecule has 2 heteroatoms. The fourth-order valence-electron chi connectivity index (χ4n) is 1.92. The maximum atomic E-state index is 9.44. The number of hydrogen-bond donors (Lipinski definition) is 1. The van der Waals surface area contributed by atoms with Gasteiger partial charge in [-0.15, -0.1) is 0 Å². The van der Waals surface area contributed by atoms with Crippen molar-refractivity contribution >= 4 is 0 Å². The molecule has 1 aliphatic carbocycles. The van der Waals surface area contributed by atoms with Crippen molar-refractivity contribution in [2.24, 2.45) is 0 Å². The van der Waals surface area contributed by atoms with Gasteiger partial charge in [0.25, 0.3) is 0 Å². The molecule has 0 radical (unpaired) electrons. The van der Waals surface area contributed by atoms with Gasteiger partial charge in [0, 0.05) is 0 Å². The van der Waals surface area contributed by atoms with Crippen LogP contribution >= 0.6 is 0 Å². The van der Waals surface area contributed by atoms with Gasteiger partial charge in [0.15, 0.2) is 0 Å². The molecule has 2 nitrogen and oxygen atoms in total. The zero-order valence-electron chi connectivity index (χ0n) is 6.34. The van der Waals surface area contributed by atoms with Crippen molar-refractivity contribution in [1.29, 1.82) is 0 Å². The lowest BCUT2D eigenvalue weighted by Gasteiger charge is -2.02. The van der Waals surface area contributed by atoms with Crippen molar-refractivity contribution < 1.29 is 9.84 Å². The first kappa shape index (κ1) is 6.62. The van der Waals surface area contributed by atoms with Crippen LogP contribution in [0.1, 0.15) is 32.6 Å². The van der Waals surface area contributed by atoms with Crippen molar-refractivity contribution in [3.63, 3.8) is 0 Å². The van der Waals surface area contributed by atoms with E-state index in [0.717, 1.165) is 19.3 Å². The molecule has 58 valence electrons. The highest BCUT2D eigenvalue weighted by Crippen LogP contribution is 2.45. The zero-order chi connectivity index (χ0) is 7.19. The van der Waals surface area contributed by atoms with Crippen LogP contribution in [0.4, 0.5) is 0 Å². The van der Waals surface area contributed by atoms with Gasteiger partial charge in [-0.2, -0.15) is 0 Å². The molecule has 0 amide bonds. The van der Waals surface area contributed by atoms with Crippen molar-refractivity contribution in [3.8, 4) is 0 Å². The maximum absolute atomic E-state index is 9.44. The molecule has 2 aliphatic rings. The smallest absolute Gasteiger partial charge is 0.113 e. The average molecular weight is 142 g/mol. The highest BCUT2D eigenvalue weighted by molar-refractivity contribution is 5.04. The number of hydrogen-bond acceptors (Lipinski definition) is 2. The summed E-state index contributed by atoms with van der Waals surface area (Å²) in [6, 6.07) is 0. The fourth-order valence-corrected chi connectivity index (χ4v) is 1.92. The second kappa shape index (κ2) is 1.95. The summed E-state index contributed by atoms with van der Waals surface area (Å²) < 4.78 is 5.41. The molecule has 0 aromatic carbocycles. The second-order valence-corrected chi connectivity index (χ2v) is 3.66. The lowest BCUT2D eigenvalue weighted by Crippen LogP contribution is -2.19. The van der Waals surface area contributed by atoms with Crippen LogP contribution in [0.2, 0.25) is 0 Å². The lowest BCUT2D eigenvalue weighted by atomic mass is 10.0. The first-order valence-corrected chi connectivity index (χ1v) is 4.08. The number of fused-ring (bicyclic) bond motifs is 1. The molecule has 0 aromatic heterocycles. The largest absolute Gasteiger partial charge is 0.390 e. The van der Waals surface area contributed by atoms with E-state index in [4.69, 9.17) is 4.74 Å². The molecule has 1 aliphatic heterocycles. The molecule has 0 bridgehead atoms. The van der Waals surface area contributed by atoms with E-state index in [1.165, 1.54) is 6.42 Å². The third-order valence-corrected chi connectivity index (χ3v) is 2.71. The van der Waals surface area contributed by atoms with E-state index in [1.54, 1.807) is 0 Å². The van der Waals surface area contributed by atoms with Crippen molar-refractivity contribution in [3.05, 3.63) is 0 Å². The topological polar surface area (TPSA) is 32.8 Å². The lowest BCUT2D eigenvalue weighted by molar-refractivity contribution is 0.121. The SMILES string of the molecule is C[C@]12CCCC[C@H](O)[C@H]1O2. The molecule has 1 saturated carbocycles. The van der Waals surface area contributed by atoms with Crippen LogP contribution in [0.3, 0.4) is 0 Å². The first-order valence-electron chi connectivity index (χ1n) is 4.08. The first-order chi connectivity index (χ1) is 4.72. The van der Waals surface area contributed by atoms with Crippen molar-refractivity contribution in [2.45, 2.75) is 50.4 Å². The molecule has 1 saturated heterocycles. The monoisotopic (exact) mass is 142 g/mol. The highest BCUT2D eigenvalue weighted by Gasteiger charge is 2.56. The van der Waals surface area contributed by atoms with Gasteiger partial charge in [-0.25, -0.2) is 0 Å². The van der Waals surface area contributed by atoms with E-state index >= 15 is 0 Å². The number of aliphatic hydroxyl groups is 1. The van der Waals surface area contributed by atoms with Gasteiger partial charge in [-0.1, -0.05) is 12.8 Å². The predicted molar refractivity (Wildman–Crippen MR) is 37.8 cm³/mol. The molecule has 1 heterocycles. The Labute approximate surface area is 61.2 Å². The molecule has 3 atom stereocenters. The fraction of sp³-hybridized carbons (Fsp3) is 1.00. The minimum Gasteiger partial charge on any atom is -0.390 e. The number of aliphatic hydroxyl groups excluding tert-OH is 1. The summed E-state index contributed by atoms with van der Waals surface area (Å²) in [5.74, 6) is 0. The van der Waals surface area contributed by atoms with Gasteiger partial charge in [0.05, 0.1) is 11.7 Å². The number of epoxide rings is 1. The minimum atomic E-state index is -0.188. The van der Waals surface area contributed by atoms with Crippen LogP contribution < -0.4 is 0 Å². The quantitative estimate of drug-likeness (QED) is 0.513. The van der Waals surface area contributed by atoms with Crippen LogP contribution in [0.15, 0.2) is 0 Å². The Morgan fingerprint density at radius 3 is 3.10 bits per heavy atom. The zero-order valence-corrected chi connectivity index (χ0v) is 6.34. The summed E-state index contributed by atoms with van der Waals surface area (Å²) >= 11 is 0. The Hall–Kier alpha value is -0.0800. The molecular weight excluding hydrogens is 128 g/mol.